The van der Waals surface area contributed by atoms with Crippen LogP contribution in [0.2, 0.25) is 0 Å². The zero-order valence-electron chi connectivity index (χ0n) is 64.4. The average molecular weight is 1360 g/mol. The van der Waals surface area contributed by atoms with Gasteiger partial charge in [0, 0.05) is 0 Å². The van der Waals surface area contributed by atoms with E-state index in [9.17, 15) is 0 Å². The second-order valence-corrected chi connectivity index (χ2v) is 28.0. The van der Waals surface area contributed by atoms with Crippen LogP contribution in [0.25, 0.3) is 66.8 Å². The van der Waals surface area contributed by atoms with Gasteiger partial charge in [-0.3, -0.25) is 0 Å². The van der Waals surface area contributed by atoms with Gasteiger partial charge in [0.15, 0.2) is 0 Å². The van der Waals surface area contributed by atoms with Crippen molar-refractivity contribution in [3.63, 3.8) is 0 Å². The molecule has 0 atom stereocenters. The molecule has 0 aromatic heterocycles. The molecule has 0 aliphatic rings. The van der Waals surface area contributed by atoms with Gasteiger partial charge in [-0.1, -0.05) is 412 Å². The molecular formula is C103H124. The highest BCUT2D eigenvalue weighted by atomic mass is 14.1. The molecule has 12 aromatic carbocycles. The quantitative estimate of drug-likeness (QED) is 0.0566. The van der Waals surface area contributed by atoms with Crippen molar-refractivity contribution < 1.29 is 0 Å². The number of aryl methyl sites for hydroxylation is 12. The Hall–Kier alpha value is -9.36. The van der Waals surface area contributed by atoms with Gasteiger partial charge in [-0.2, -0.15) is 0 Å². The highest BCUT2D eigenvalue weighted by Gasteiger charge is 2.05. The zero-order valence-corrected chi connectivity index (χ0v) is 64.4. The highest BCUT2D eigenvalue weighted by Crippen LogP contribution is 2.27. The van der Waals surface area contributed by atoms with Crippen LogP contribution in [0.5, 0.6) is 0 Å². The van der Waals surface area contributed by atoms with E-state index in [2.05, 4.69) is 374 Å². The Kier molecular flexibility index (Phi) is 37.7. The Bertz CT molecular complexity index is 3410. The molecule has 0 fully saturated rings. The van der Waals surface area contributed by atoms with E-state index in [1.54, 1.807) is 0 Å². The number of rotatable bonds is 24. The Morgan fingerprint density at radius 2 is 0.223 bits per heavy atom. The average Bonchev–Trinajstić information content (AvgIpc) is 0.957. The first-order valence-electron chi connectivity index (χ1n) is 38.7. The second-order valence-electron chi connectivity index (χ2n) is 28.0. The maximum absolute atomic E-state index is 2.25. The molecular weight excluding hydrogens is 1240 g/mol. The minimum absolute atomic E-state index is 0. The van der Waals surface area contributed by atoms with E-state index in [4.69, 9.17) is 0 Å². The van der Waals surface area contributed by atoms with Crippen LogP contribution in [-0.2, 0) is 38.5 Å². The van der Waals surface area contributed by atoms with Gasteiger partial charge in [0.2, 0.25) is 0 Å². The Labute approximate surface area is 626 Å². The molecule has 12 rings (SSSR count). The summed E-state index contributed by atoms with van der Waals surface area (Å²) in [6, 6.07) is 106. The van der Waals surface area contributed by atoms with Gasteiger partial charge in [-0.05, 0) is 219 Å². The molecule has 0 spiro atoms. The monoisotopic (exact) mass is 1360 g/mol. The molecule has 0 N–H and O–H groups in total. The molecule has 0 unspecified atom stereocenters. The maximum Gasteiger partial charge on any atom is -0.0184 e. The molecule has 0 nitrogen and oxygen atoms in total. The Balaban J connectivity index is 0.000000194. The molecule has 0 saturated carbocycles. The lowest BCUT2D eigenvalue weighted by Gasteiger charge is -2.04. The van der Waals surface area contributed by atoms with Crippen molar-refractivity contribution in [2.24, 2.45) is 0 Å². The van der Waals surface area contributed by atoms with Gasteiger partial charge in [-0.25, -0.2) is 0 Å². The van der Waals surface area contributed by atoms with Gasteiger partial charge < -0.3 is 0 Å². The smallest absolute Gasteiger partial charge is 0.0184 e. The number of unbranched alkanes of at least 4 members (excludes halogenated alkanes) is 6. The van der Waals surface area contributed by atoms with Crippen LogP contribution >= 0.6 is 0 Å². The summed E-state index contributed by atoms with van der Waals surface area (Å²) in [7, 11) is 0. The lowest BCUT2D eigenvalue weighted by Crippen LogP contribution is -1.85. The van der Waals surface area contributed by atoms with Crippen molar-refractivity contribution in [1.82, 2.24) is 0 Å². The number of hydrogen-bond donors (Lipinski definition) is 0. The summed E-state index contributed by atoms with van der Waals surface area (Å²) < 4.78 is 0. The molecule has 12 aromatic rings. The first kappa shape index (κ1) is 82.6. The summed E-state index contributed by atoms with van der Waals surface area (Å²) in [5.74, 6) is 0. The highest BCUT2D eigenvalue weighted by molar-refractivity contribution is 5.68. The molecule has 0 heterocycles. The van der Waals surface area contributed by atoms with Crippen LogP contribution in [0, 0.1) is 41.5 Å². The minimum Gasteiger partial charge on any atom is -0.0776 e. The first-order chi connectivity index (χ1) is 49.8. The fraction of sp³-hybridized carbons (Fsp3) is 0.301. The predicted octanol–water partition coefficient (Wildman–Crippen LogP) is 30.7. The van der Waals surface area contributed by atoms with Gasteiger partial charge in [0.05, 0.1) is 0 Å². The largest absolute Gasteiger partial charge is 0.0776 e. The van der Waals surface area contributed by atoms with Gasteiger partial charge in [0.25, 0.3) is 0 Å². The SMILES string of the molecule is C.CCCCc1ccc(-c2ccc(C)cc2)cc1.CCCCc1ccc(-c2ccc(C)cc2)cc1.CCCCc1ccc(-c2ccc(C)cc2)cc1.CCCCc1ccc(-c2ccc(C)cc2)cc1.CCCCc1ccc(-c2ccc(C)cc2)cc1.CCCCc1ccc(-c2ccc(C)cc2)cc1. The van der Waals surface area contributed by atoms with Crippen LogP contribution < -0.4 is 0 Å². The predicted molar refractivity (Wildman–Crippen MR) is 458 cm³/mol. The third kappa shape index (κ3) is 30.2. The van der Waals surface area contributed by atoms with Gasteiger partial charge >= 0.3 is 0 Å². The van der Waals surface area contributed by atoms with Crippen molar-refractivity contribution in [2.45, 2.75) is 206 Å². The molecule has 0 radical (unpaired) electrons. The normalized spacial score (nSPS) is 10.4. The molecule has 0 saturated heterocycles. The third-order valence-corrected chi connectivity index (χ3v) is 18.9. The van der Waals surface area contributed by atoms with Gasteiger partial charge in [-0.15, -0.1) is 0 Å². The fourth-order valence-electron chi connectivity index (χ4n) is 11.9. The lowest BCUT2D eigenvalue weighted by molar-refractivity contribution is 0.795. The summed E-state index contributed by atoms with van der Waals surface area (Å²) >= 11 is 0. The minimum atomic E-state index is 0. The summed E-state index contributed by atoms with van der Waals surface area (Å²) in [4.78, 5) is 0. The van der Waals surface area contributed by atoms with E-state index in [1.165, 1.54) is 249 Å². The van der Waals surface area contributed by atoms with E-state index < -0.39 is 0 Å². The van der Waals surface area contributed by atoms with Crippen molar-refractivity contribution in [3.8, 4) is 66.8 Å². The first-order valence-corrected chi connectivity index (χ1v) is 38.7. The standard InChI is InChI=1S/6C17H20.CH4/c6*1-3-4-5-15-8-12-17(13-9-15)16-10-6-14(2)7-11-16;/h6*6-13H,3-5H2,1-2H3;1H4. The Morgan fingerprint density at radius 1 is 0.136 bits per heavy atom. The molecule has 0 bridgehead atoms. The maximum atomic E-state index is 2.25. The summed E-state index contributed by atoms with van der Waals surface area (Å²) in [5.41, 5.74) is 32.2. The van der Waals surface area contributed by atoms with E-state index in [0.29, 0.717) is 0 Å². The van der Waals surface area contributed by atoms with E-state index in [1.807, 2.05) is 0 Å². The van der Waals surface area contributed by atoms with Crippen LogP contribution in [0.3, 0.4) is 0 Å². The fourth-order valence-corrected chi connectivity index (χ4v) is 11.9. The third-order valence-electron chi connectivity index (χ3n) is 18.9. The molecule has 0 heteroatoms. The summed E-state index contributed by atoms with van der Waals surface area (Å²) in [6.07, 6.45) is 22.5. The van der Waals surface area contributed by atoms with Gasteiger partial charge in [0.1, 0.15) is 0 Å². The Morgan fingerprint density at radius 3 is 0.311 bits per heavy atom. The van der Waals surface area contributed by atoms with Crippen LogP contribution in [0.4, 0.5) is 0 Å². The van der Waals surface area contributed by atoms with Crippen molar-refractivity contribution in [1.29, 1.82) is 0 Å². The zero-order chi connectivity index (χ0) is 72.5. The van der Waals surface area contributed by atoms with E-state index >= 15 is 0 Å². The summed E-state index contributed by atoms with van der Waals surface area (Å²) in [5, 5.41) is 0. The van der Waals surface area contributed by atoms with E-state index in [-0.39, 0.29) is 7.43 Å². The molecule has 0 aliphatic carbocycles. The van der Waals surface area contributed by atoms with Crippen molar-refractivity contribution in [2.75, 3.05) is 0 Å². The van der Waals surface area contributed by atoms with Crippen LogP contribution in [0.1, 0.15) is 193 Å². The van der Waals surface area contributed by atoms with Crippen LogP contribution in [-0.4, -0.2) is 0 Å². The number of hydrogen-bond acceptors (Lipinski definition) is 0. The topological polar surface area (TPSA) is 0 Å². The molecule has 536 valence electrons. The molecule has 0 amide bonds. The second kappa shape index (κ2) is 47.0. The lowest BCUT2D eigenvalue weighted by atomic mass is 10.0. The molecule has 0 aliphatic heterocycles. The molecule has 103 heavy (non-hydrogen) atoms. The van der Waals surface area contributed by atoms with E-state index in [0.717, 1.165) is 0 Å². The number of benzene rings is 12. The van der Waals surface area contributed by atoms with Crippen LogP contribution in [0.15, 0.2) is 291 Å². The van der Waals surface area contributed by atoms with Crippen molar-refractivity contribution in [3.05, 3.63) is 358 Å². The van der Waals surface area contributed by atoms with Crippen molar-refractivity contribution >= 4 is 0 Å². The summed E-state index contributed by atoms with van der Waals surface area (Å²) in [6.45, 7) is 26.2.